The van der Waals surface area contributed by atoms with Crippen LogP contribution in [0, 0.1) is 40.4 Å². The molecule has 0 aliphatic heterocycles. The third-order valence-electron chi connectivity index (χ3n) is 10.2. The topological polar surface area (TPSA) is 61.8 Å². The predicted octanol–water partition coefficient (Wildman–Crippen LogP) is 5.32. The SMILES string of the molecule is COCO[C@@H]1CC2=CC(=O)CC[C@]2(C)[C@H]2CC[C@]3(C)[C@@H]([C@H](C)CCC(=O)OC)CC[C@H]3[C@H]12. The fourth-order valence-electron chi connectivity index (χ4n) is 8.45. The number of ether oxygens (including phenoxy) is 3. The lowest BCUT2D eigenvalue weighted by atomic mass is 9.45. The van der Waals surface area contributed by atoms with Crippen LogP contribution in [0.25, 0.3) is 0 Å². The van der Waals surface area contributed by atoms with Crippen LogP contribution in [0.15, 0.2) is 11.6 Å². The lowest BCUT2D eigenvalue weighted by Crippen LogP contribution is -2.56. The van der Waals surface area contributed by atoms with E-state index in [-0.39, 0.29) is 28.7 Å². The molecule has 0 amide bonds. The number of methoxy groups -OCH3 is 2. The zero-order valence-electron chi connectivity index (χ0n) is 20.7. The van der Waals surface area contributed by atoms with Crippen molar-refractivity contribution in [1.82, 2.24) is 0 Å². The molecule has 8 atom stereocenters. The fraction of sp³-hybridized carbons (Fsp3) is 0.852. The maximum Gasteiger partial charge on any atom is 0.305 e. The van der Waals surface area contributed by atoms with Crippen molar-refractivity contribution in [3.05, 3.63) is 11.6 Å². The summed E-state index contributed by atoms with van der Waals surface area (Å²) in [6.45, 7) is 7.59. The molecule has 0 bridgehead atoms. The number of ketones is 1. The van der Waals surface area contributed by atoms with Crippen LogP contribution in [0.1, 0.15) is 78.6 Å². The monoisotopic (exact) mass is 446 g/mol. The summed E-state index contributed by atoms with van der Waals surface area (Å²) in [6.07, 6.45) is 10.9. The maximum atomic E-state index is 12.2. The largest absolute Gasteiger partial charge is 0.469 e. The molecule has 0 aromatic carbocycles. The van der Waals surface area contributed by atoms with Crippen molar-refractivity contribution in [2.45, 2.75) is 84.7 Å². The lowest BCUT2D eigenvalue weighted by molar-refractivity contribution is -0.165. The lowest BCUT2D eigenvalue weighted by Gasteiger charge is -2.60. The Morgan fingerprint density at radius 2 is 1.94 bits per heavy atom. The van der Waals surface area contributed by atoms with Crippen molar-refractivity contribution in [1.29, 1.82) is 0 Å². The predicted molar refractivity (Wildman–Crippen MR) is 123 cm³/mol. The van der Waals surface area contributed by atoms with Gasteiger partial charge in [-0.2, -0.15) is 0 Å². The first-order valence-corrected chi connectivity index (χ1v) is 12.7. The maximum absolute atomic E-state index is 12.2. The second kappa shape index (κ2) is 9.21. The first kappa shape index (κ1) is 23.9. The first-order chi connectivity index (χ1) is 15.2. The van der Waals surface area contributed by atoms with Crippen molar-refractivity contribution < 1.29 is 23.8 Å². The summed E-state index contributed by atoms with van der Waals surface area (Å²) in [5.74, 6) is 3.04. The van der Waals surface area contributed by atoms with Gasteiger partial charge in [0, 0.05) is 20.0 Å². The Labute approximate surface area is 193 Å². The van der Waals surface area contributed by atoms with Gasteiger partial charge in [-0.15, -0.1) is 0 Å². The van der Waals surface area contributed by atoms with Crippen LogP contribution in [-0.4, -0.2) is 38.9 Å². The normalized spacial score (nSPS) is 41.8. The fourth-order valence-corrected chi connectivity index (χ4v) is 8.45. The molecule has 3 saturated carbocycles. The Bertz CT molecular complexity index is 759. The molecule has 0 N–H and O–H groups in total. The number of carbonyl (C=O) groups is 2. The van der Waals surface area contributed by atoms with Gasteiger partial charge in [-0.1, -0.05) is 26.3 Å². The van der Waals surface area contributed by atoms with E-state index >= 15 is 0 Å². The molecule has 0 aromatic heterocycles. The summed E-state index contributed by atoms with van der Waals surface area (Å²) in [7, 11) is 3.17. The van der Waals surface area contributed by atoms with Gasteiger partial charge in [-0.05, 0) is 91.4 Å². The Hall–Kier alpha value is -1.20. The van der Waals surface area contributed by atoms with Crippen molar-refractivity contribution in [2.24, 2.45) is 40.4 Å². The molecule has 0 spiro atoms. The van der Waals surface area contributed by atoms with Crippen LogP contribution in [0.4, 0.5) is 0 Å². The van der Waals surface area contributed by atoms with Crippen LogP contribution in [-0.2, 0) is 23.8 Å². The van der Waals surface area contributed by atoms with Gasteiger partial charge < -0.3 is 14.2 Å². The van der Waals surface area contributed by atoms with E-state index in [0.717, 1.165) is 19.3 Å². The highest BCUT2D eigenvalue weighted by atomic mass is 16.7. The van der Waals surface area contributed by atoms with E-state index in [1.807, 2.05) is 6.08 Å². The van der Waals surface area contributed by atoms with E-state index in [1.54, 1.807) is 7.11 Å². The van der Waals surface area contributed by atoms with Crippen molar-refractivity contribution in [3.63, 3.8) is 0 Å². The number of fused-ring (bicyclic) bond motifs is 5. The minimum atomic E-state index is -0.0975. The molecule has 0 radical (unpaired) electrons. The van der Waals surface area contributed by atoms with Crippen LogP contribution in [0.5, 0.6) is 0 Å². The number of carbonyl (C=O) groups excluding carboxylic acids is 2. The summed E-state index contributed by atoms with van der Waals surface area (Å²) in [6, 6.07) is 0. The van der Waals surface area contributed by atoms with Crippen molar-refractivity contribution in [3.8, 4) is 0 Å². The van der Waals surface area contributed by atoms with E-state index in [2.05, 4.69) is 20.8 Å². The van der Waals surface area contributed by atoms with Gasteiger partial charge in [-0.25, -0.2) is 0 Å². The van der Waals surface area contributed by atoms with Gasteiger partial charge in [0.15, 0.2) is 5.78 Å². The molecule has 3 fully saturated rings. The summed E-state index contributed by atoms with van der Waals surface area (Å²) >= 11 is 0. The first-order valence-electron chi connectivity index (χ1n) is 12.7. The zero-order valence-corrected chi connectivity index (χ0v) is 20.7. The van der Waals surface area contributed by atoms with Gasteiger partial charge in [0.2, 0.25) is 0 Å². The molecular formula is C27H42O5. The Kier molecular flexibility index (Phi) is 6.89. The Morgan fingerprint density at radius 1 is 1.16 bits per heavy atom. The second-order valence-electron chi connectivity index (χ2n) is 11.5. The summed E-state index contributed by atoms with van der Waals surface area (Å²) in [4.78, 5) is 24.0. The highest BCUT2D eigenvalue weighted by molar-refractivity contribution is 5.91. The van der Waals surface area contributed by atoms with Gasteiger partial charge in [0.25, 0.3) is 0 Å². The summed E-state index contributed by atoms with van der Waals surface area (Å²) in [5.41, 5.74) is 1.73. The van der Waals surface area contributed by atoms with Crippen molar-refractivity contribution >= 4 is 11.8 Å². The molecule has 0 unspecified atom stereocenters. The van der Waals surface area contributed by atoms with E-state index in [1.165, 1.54) is 38.4 Å². The minimum Gasteiger partial charge on any atom is -0.469 e. The third kappa shape index (κ3) is 3.98. The van der Waals surface area contributed by atoms with Crippen LogP contribution in [0.2, 0.25) is 0 Å². The smallest absolute Gasteiger partial charge is 0.305 e. The highest BCUT2D eigenvalue weighted by Gasteiger charge is 2.62. The minimum absolute atomic E-state index is 0.0975. The summed E-state index contributed by atoms with van der Waals surface area (Å²) in [5, 5.41) is 0. The number of hydrogen-bond donors (Lipinski definition) is 0. The Balaban J connectivity index is 1.60. The van der Waals surface area contributed by atoms with Gasteiger partial charge >= 0.3 is 5.97 Å². The number of esters is 1. The molecule has 4 rings (SSSR count). The highest BCUT2D eigenvalue weighted by Crippen LogP contribution is 2.68. The molecule has 4 aliphatic carbocycles. The third-order valence-corrected chi connectivity index (χ3v) is 10.2. The second-order valence-corrected chi connectivity index (χ2v) is 11.5. The summed E-state index contributed by atoms with van der Waals surface area (Å²) < 4.78 is 16.5. The number of hydrogen-bond acceptors (Lipinski definition) is 5. The van der Waals surface area contributed by atoms with Crippen molar-refractivity contribution in [2.75, 3.05) is 21.0 Å². The standard InChI is InChI=1S/C27H42O5/c1-17(6-9-24(29)31-5)20-7-8-21-25-22(11-13-27(20,21)3)26(2)12-10-19(28)14-18(26)15-23(25)32-16-30-4/h14,17,20-23,25H,6-13,15-16H2,1-5H3/t17-,20-,21+,22+,23-,25+,26+,27-/m1/s1. The van der Waals surface area contributed by atoms with Gasteiger partial charge in [0.1, 0.15) is 6.79 Å². The van der Waals surface area contributed by atoms with E-state index in [0.29, 0.717) is 49.2 Å². The van der Waals surface area contributed by atoms with E-state index in [4.69, 9.17) is 14.2 Å². The molecule has 5 heteroatoms. The molecule has 0 heterocycles. The molecule has 32 heavy (non-hydrogen) atoms. The molecular weight excluding hydrogens is 404 g/mol. The van der Waals surface area contributed by atoms with Crippen LogP contribution >= 0.6 is 0 Å². The van der Waals surface area contributed by atoms with Crippen LogP contribution < -0.4 is 0 Å². The molecule has 4 aliphatic rings. The molecule has 0 aromatic rings. The van der Waals surface area contributed by atoms with E-state index < -0.39 is 0 Å². The zero-order chi connectivity index (χ0) is 23.1. The molecule has 180 valence electrons. The average Bonchev–Trinajstić information content (AvgIpc) is 3.13. The average molecular weight is 447 g/mol. The quantitative estimate of drug-likeness (QED) is 0.391. The molecule has 0 saturated heterocycles. The van der Waals surface area contributed by atoms with E-state index in [9.17, 15) is 9.59 Å². The Morgan fingerprint density at radius 3 is 2.66 bits per heavy atom. The molecule has 5 nitrogen and oxygen atoms in total. The number of rotatable bonds is 7. The van der Waals surface area contributed by atoms with Gasteiger partial charge in [-0.3, -0.25) is 9.59 Å². The van der Waals surface area contributed by atoms with Gasteiger partial charge in [0.05, 0.1) is 13.2 Å². The van der Waals surface area contributed by atoms with Crippen LogP contribution in [0.3, 0.4) is 0 Å².